The Morgan fingerprint density at radius 1 is 1.03 bits per heavy atom. The minimum Gasteiger partial charge on any atom is -0.481 e. The third-order valence-electron chi connectivity index (χ3n) is 4.75. The molecule has 0 spiro atoms. The lowest BCUT2D eigenvalue weighted by molar-refractivity contribution is -0.132. The Kier molecular flexibility index (Phi) is 5.92. The summed E-state index contributed by atoms with van der Waals surface area (Å²) in [5.74, 6) is -0.118. The molecule has 29 heavy (non-hydrogen) atoms. The summed E-state index contributed by atoms with van der Waals surface area (Å²) in [7, 11) is 0. The number of benzene rings is 2. The van der Waals surface area contributed by atoms with Gasteiger partial charge >= 0.3 is 0 Å². The number of rotatable bonds is 5. The quantitative estimate of drug-likeness (QED) is 0.579. The van der Waals surface area contributed by atoms with Gasteiger partial charge in [-0.05, 0) is 41.7 Å². The zero-order valence-electron chi connectivity index (χ0n) is 17.2. The zero-order valence-corrected chi connectivity index (χ0v) is 17.2. The Hall–Kier alpha value is -3.28. The maximum Gasteiger partial charge on any atom is 0.279 e. The molecule has 0 saturated carbocycles. The molecule has 3 N–H and O–H groups in total. The van der Waals surface area contributed by atoms with Crippen LogP contribution in [0.3, 0.4) is 0 Å². The van der Waals surface area contributed by atoms with Gasteiger partial charge in [-0.25, -0.2) is 0 Å². The molecule has 1 heterocycles. The highest BCUT2D eigenvalue weighted by Gasteiger charge is 2.17. The van der Waals surface area contributed by atoms with Crippen LogP contribution in [0.1, 0.15) is 38.8 Å². The molecule has 0 aliphatic rings. The summed E-state index contributed by atoms with van der Waals surface area (Å²) < 4.78 is 5.67. The highest BCUT2D eigenvalue weighted by atomic mass is 16.5. The van der Waals surface area contributed by atoms with Gasteiger partial charge in [-0.3, -0.25) is 20.4 Å². The smallest absolute Gasteiger partial charge is 0.279 e. The molecule has 0 bridgehead atoms. The fourth-order valence-electron chi connectivity index (χ4n) is 3.02. The molecule has 3 aromatic rings. The molecule has 6 heteroatoms. The fourth-order valence-corrected chi connectivity index (χ4v) is 3.02. The van der Waals surface area contributed by atoms with Crippen LogP contribution in [-0.2, 0) is 21.4 Å². The summed E-state index contributed by atoms with van der Waals surface area (Å²) >= 11 is 0. The van der Waals surface area contributed by atoms with E-state index < -0.39 is 12.0 Å². The van der Waals surface area contributed by atoms with E-state index in [1.807, 2.05) is 48.5 Å². The van der Waals surface area contributed by atoms with E-state index in [-0.39, 0.29) is 17.7 Å². The monoisotopic (exact) mass is 393 g/mol. The predicted octanol–water partition coefficient (Wildman–Crippen LogP) is 3.62. The van der Waals surface area contributed by atoms with Gasteiger partial charge in [-0.1, -0.05) is 51.1 Å². The van der Waals surface area contributed by atoms with Gasteiger partial charge in [0.1, 0.15) is 5.75 Å². The van der Waals surface area contributed by atoms with Gasteiger partial charge in [0.15, 0.2) is 6.10 Å². The van der Waals surface area contributed by atoms with Crippen molar-refractivity contribution in [3.05, 3.63) is 65.9 Å². The minimum atomic E-state index is -0.746. The Morgan fingerprint density at radius 2 is 1.72 bits per heavy atom. The second kappa shape index (κ2) is 8.39. The Labute approximate surface area is 170 Å². The van der Waals surface area contributed by atoms with Crippen molar-refractivity contribution in [2.75, 3.05) is 0 Å². The number of ether oxygens (including phenoxy) is 1. The third-order valence-corrected chi connectivity index (χ3v) is 4.75. The molecular formula is C23H27N3O3. The van der Waals surface area contributed by atoms with Crippen LogP contribution in [0.15, 0.2) is 54.7 Å². The molecule has 1 aromatic heterocycles. The van der Waals surface area contributed by atoms with Crippen LogP contribution in [0.2, 0.25) is 0 Å². The zero-order chi connectivity index (χ0) is 21.0. The number of carbonyl (C=O) groups is 2. The van der Waals surface area contributed by atoms with Crippen molar-refractivity contribution in [1.29, 1.82) is 0 Å². The summed E-state index contributed by atoms with van der Waals surface area (Å²) in [5, 5.41) is 0.990. The molecule has 152 valence electrons. The fraction of sp³-hybridized carbons (Fsp3) is 0.304. The number of aromatic amines is 1. The first-order valence-electron chi connectivity index (χ1n) is 9.65. The molecule has 0 aliphatic carbocycles. The molecular weight excluding hydrogens is 366 g/mol. The normalized spacial score (nSPS) is 12.4. The predicted molar refractivity (Wildman–Crippen MR) is 114 cm³/mol. The van der Waals surface area contributed by atoms with E-state index in [0.717, 1.165) is 16.5 Å². The maximum absolute atomic E-state index is 12.2. The number of carbonyl (C=O) groups excluding carboxylic acids is 2. The number of H-pyrrole nitrogens is 1. The van der Waals surface area contributed by atoms with Crippen LogP contribution in [0.5, 0.6) is 5.75 Å². The summed E-state index contributed by atoms with van der Waals surface area (Å²) in [6.45, 7) is 8.05. The van der Waals surface area contributed by atoms with Crippen molar-refractivity contribution in [2.45, 2.75) is 45.6 Å². The molecule has 1 unspecified atom stereocenters. The molecule has 0 radical (unpaired) electrons. The number of amides is 2. The number of hydrazine groups is 1. The molecule has 0 saturated heterocycles. The van der Waals surface area contributed by atoms with Crippen molar-refractivity contribution in [2.24, 2.45) is 0 Å². The number of fused-ring (bicyclic) bond motifs is 1. The highest BCUT2D eigenvalue weighted by Crippen LogP contribution is 2.24. The summed E-state index contributed by atoms with van der Waals surface area (Å²) in [5.41, 5.74) is 7.95. The van der Waals surface area contributed by atoms with Crippen LogP contribution in [0.25, 0.3) is 10.9 Å². The molecule has 0 fully saturated rings. The molecule has 6 nitrogen and oxygen atoms in total. The summed E-state index contributed by atoms with van der Waals surface area (Å²) in [6, 6.07) is 15.4. The van der Waals surface area contributed by atoms with Crippen molar-refractivity contribution in [1.82, 2.24) is 15.8 Å². The SMILES string of the molecule is CC(Oc1ccc(C(C)(C)C)cc1)C(=O)NNC(=O)Cc1c[nH]c2ccccc12. The summed E-state index contributed by atoms with van der Waals surface area (Å²) in [4.78, 5) is 27.6. The number of aromatic nitrogens is 1. The van der Waals surface area contributed by atoms with Crippen LogP contribution in [0.4, 0.5) is 0 Å². The number of nitrogens with one attached hydrogen (secondary N) is 3. The largest absolute Gasteiger partial charge is 0.481 e. The molecule has 2 amide bonds. The Balaban J connectivity index is 1.50. The van der Waals surface area contributed by atoms with Crippen molar-refractivity contribution >= 4 is 22.7 Å². The van der Waals surface area contributed by atoms with E-state index in [9.17, 15) is 9.59 Å². The first-order chi connectivity index (χ1) is 13.7. The molecule has 3 rings (SSSR count). The van der Waals surface area contributed by atoms with Gasteiger partial charge in [0, 0.05) is 17.1 Å². The molecule has 1 atom stereocenters. The lowest BCUT2D eigenvalue weighted by Crippen LogP contribution is -2.47. The van der Waals surface area contributed by atoms with Crippen molar-refractivity contribution in [3.8, 4) is 5.75 Å². The van der Waals surface area contributed by atoms with Crippen LogP contribution in [0, 0.1) is 0 Å². The lowest BCUT2D eigenvalue weighted by Gasteiger charge is -2.20. The lowest BCUT2D eigenvalue weighted by atomic mass is 9.87. The maximum atomic E-state index is 12.2. The highest BCUT2D eigenvalue weighted by molar-refractivity contribution is 5.90. The van der Waals surface area contributed by atoms with Gasteiger partial charge in [-0.2, -0.15) is 0 Å². The molecule has 0 aliphatic heterocycles. The number of hydrogen-bond donors (Lipinski definition) is 3. The second-order valence-electron chi connectivity index (χ2n) is 8.11. The van der Waals surface area contributed by atoms with Gasteiger partial charge in [0.25, 0.3) is 5.91 Å². The van der Waals surface area contributed by atoms with E-state index in [0.29, 0.717) is 5.75 Å². The van der Waals surface area contributed by atoms with Crippen molar-refractivity contribution in [3.63, 3.8) is 0 Å². The average molecular weight is 393 g/mol. The Morgan fingerprint density at radius 3 is 2.41 bits per heavy atom. The van der Waals surface area contributed by atoms with Crippen LogP contribution in [-0.4, -0.2) is 22.9 Å². The van der Waals surface area contributed by atoms with E-state index in [2.05, 4.69) is 36.6 Å². The summed E-state index contributed by atoms with van der Waals surface area (Å²) in [6.07, 6.45) is 1.22. The topological polar surface area (TPSA) is 83.2 Å². The first-order valence-corrected chi connectivity index (χ1v) is 9.65. The van der Waals surface area contributed by atoms with Crippen LogP contribution >= 0.6 is 0 Å². The van der Waals surface area contributed by atoms with Gasteiger partial charge in [0.2, 0.25) is 5.91 Å². The Bertz CT molecular complexity index is 1000. The van der Waals surface area contributed by atoms with E-state index in [4.69, 9.17) is 4.74 Å². The number of hydrogen-bond acceptors (Lipinski definition) is 3. The van der Waals surface area contributed by atoms with Gasteiger partial charge < -0.3 is 9.72 Å². The van der Waals surface area contributed by atoms with Gasteiger partial charge in [-0.15, -0.1) is 0 Å². The minimum absolute atomic E-state index is 0.0522. The van der Waals surface area contributed by atoms with E-state index in [1.54, 1.807) is 13.1 Å². The van der Waals surface area contributed by atoms with E-state index in [1.165, 1.54) is 5.56 Å². The second-order valence-corrected chi connectivity index (χ2v) is 8.11. The van der Waals surface area contributed by atoms with Crippen molar-refractivity contribution < 1.29 is 14.3 Å². The van der Waals surface area contributed by atoms with Crippen LogP contribution < -0.4 is 15.6 Å². The standard InChI is InChI=1S/C23H27N3O3/c1-15(29-18-11-9-17(10-12-18)23(2,3)4)22(28)26-25-21(27)13-16-14-24-20-8-6-5-7-19(16)20/h5-12,14-15,24H,13H2,1-4H3,(H,25,27)(H,26,28). The average Bonchev–Trinajstić information content (AvgIpc) is 3.08. The van der Waals surface area contributed by atoms with E-state index >= 15 is 0 Å². The third kappa shape index (κ3) is 5.16. The first kappa shape index (κ1) is 20.5. The van der Waals surface area contributed by atoms with Gasteiger partial charge in [0.05, 0.1) is 6.42 Å². The number of para-hydroxylation sites is 1. The molecule has 2 aromatic carbocycles.